The standard InChI is InChI=1S/C19H18O6.CO2/c1-12-3-7-14(8-4-12)18(22)24-11-16(17(20)21)25-19(23)15-9-5-13(2)6-10-15;2-1-3/h3-10,16H,11H2,1-2H3,(H,20,21);/t16-;/m1./s1. The van der Waals surface area contributed by atoms with Crippen LogP contribution in [0.3, 0.4) is 0 Å². The lowest BCUT2D eigenvalue weighted by Crippen LogP contribution is -2.32. The molecular weight excluding hydrogens is 368 g/mol. The van der Waals surface area contributed by atoms with E-state index in [0.29, 0.717) is 5.56 Å². The highest BCUT2D eigenvalue weighted by Gasteiger charge is 2.25. The molecule has 0 heterocycles. The fraction of sp³-hybridized carbons (Fsp3) is 0.200. The van der Waals surface area contributed by atoms with E-state index >= 15 is 0 Å². The molecule has 8 nitrogen and oxygen atoms in total. The quantitative estimate of drug-likeness (QED) is 0.749. The first-order valence-corrected chi connectivity index (χ1v) is 8.02. The van der Waals surface area contributed by atoms with Gasteiger partial charge in [-0.05, 0) is 38.1 Å². The number of carbonyl (C=O) groups is 3. The molecule has 0 fully saturated rings. The van der Waals surface area contributed by atoms with Crippen LogP contribution in [0.4, 0.5) is 0 Å². The van der Waals surface area contributed by atoms with E-state index in [2.05, 4.69) is 0 Å². The van der Waals surface area contributed by atoms with Crippen molar-refractivity contribution in [2.75, 3.05) is 6.61 Å². The summed E-state index contributed by atoms with van der Waals surface area (Å²) in [4.78, 5) is 51.4. The van der Waals surface area contributed by atoms with Crippen LogP contribution in [0.15, 0.2) is 48.5 Å². The van der Waals surface area contributed by atoms with Crippen LogP contribution in [-0.2, 0) is 23.9 Å². The first kappa shape index (κ1) is 22.3. The molecule has 0 aliphatic rings. The van der Waals surface area contributed by atoms with Gasteiger partial charge in [-0.3, -0.25) is 0 Å². The van der Waals surface area contributed by atoms with Crippen LogP contribution in [0.1, 0.15) is 31.8 Å². The van der Waals surface area contributed by atoms with E-state index in [1.165, 1.54) is 12.1 Å². The zero-order chi connectivity index (χ0) is 21.1. The molecule has 0 saturated heterocycles. The van der Waals surface area contributed by atoms with Gasteiger partial charge < -0.3 is 14.6 Å². The number of benzene rings is 2. The lowest BCUT2D eigenvalue weighted by Gasteiger charge is -2.14. The molecule has 0 spiro atoms. The molecule has 28 heavy (non-hydrogen) atoms. The molecule has 0 aliphatic carbocycles. The van der Waals surface area contributed by atoms with Crippen LogP contribution < -0.4 is 0 Å². The Kier molecular flexibility index (Phi) is 8.79. The number of esters is 2. The van der Waals surface area contributed by atoms with Crippen LogP contribution in [0.25, 0.3) is 0 Å². The van der Waals surface area contributed by atoms with Crippen molar-refractivity contribution in [2.45, 2.75) is 20.0 Å². The zero-order valence-corrected chi connectivity index (χ0v) is 15.2. The van der Waals surface area contributed by atoms with Gasteiger partial charge in [0.15, 0.2) is 0 Å². The molecule has 0 aromatic heterocycles. The van der Waals surface area contributed by atoms with Gasteiger partial charge in [0.25, 0.3) is 0 Å². The Morgan fingerprint density at radius 2 is 1.25 bits per heavy atom. The number of aryl methyl sites for hydroxylation is 2. The summed E-state index contributed by atoms with van der Waals surface area (Å²) >= 11 is 0. The second-order valence-electron chi connectivity index (χ2n) is 5.65. The molecule has 146 valence electrons. The largest absolute Gasteiger partial charge is 0.478 e. The third kappa shape index (κ3) is 7.23. The number of carbonyl (C=O) groups excluding carboxylic acids is 4. The fourth-order valence-electron chi connectivity index (χ4n) is 1.97. The van der Waals surface area contributed by atoms with Gasteiger partial charge >= 0.3 is 24.1 Å². The molecular formula is C20H18O8. The van der Waals surface area contributed by atoms with E-state index in [1.54, 1.807) is 36.4 Å². The highest BCUT2D eigenvalue weighted by atomic mass is 16.6. The first-order valence-electron chi connectivity index (χ1n) is 8.02. The molecule has 0 amide bonds. The lowest BCUT2D eigenvalue weighted by molar-refractivity contribution is -0.191. The third-order valence-corrected chi connectivity index (χ3v) is 3.47. The Morgan fingerprint density at radius 3 is 1.64 bits per heavy atom. The average Bonchev–Trinajstić information content (AvgIpc) is 2.66. The number of carboxylic acids is 1. The fourth-order valence-corrected chi connectivity index (χ4v) is 1.97. The smallest absolute Gasteiger partial charge is 0.373 e. The number of ether oxygens (including phenoxy) is 2. The summed E-state index contributed by atoms with van der Waals surface area (Å²) in [7, 11) is 0. The van der Waals surface area contributed by atoms with Gasteiger partial charge in [0.1, 0.15) is 6.61 Å². The Hall–Kier alpha value is -3.77. The molecule has 8 heteroatoms. The van der Waals surface area contributed by atoms with Crippen molar-refractivity contribution in [1.29, 1.82) is 0 Å². The highest BCUT2D eigenvalue weighted by Crippen LogP contribution is 2.09. The Morgan fingerprint density at radius 1 is 0.857 bits per heavy atom. The van der Waals surface area contributed by atoms with E-state index in [-0.39, 0.29) is 11.7 Å². The number of carboxylic acid groups (broad SMARTS) is 1. The lowest BCUT2D eigenvalue weighted by atomic mass is 10.1. The highest BCUT2D eigenvalue weighted by molar-refractivity contribution is 5.92. The number of hydrogen-bond donors (Lipinski definition) is 1. The van der Waals surface area contributed by atoms with Crippen molar-refractivity contribution in [3.8, 4) is 0 Å². The van der Waals surface area contributed by atoms with E-state index in [1.807, 2.05) is 13.8 Å². The summed E-state index contributed by atoms with van der Waals surface area (Å²) in [6, 6.07) is 13.1. The topological polar surface area (TPSA) is 124 Å². The summed E-state index contributed by atoms with van der Waals surface area (Å²) in [5.41, 5.74) is 2.45. The number of hydrogen-bond acceptors (Lipinski definition) is 7. The maximum atomic E-state index is 12.0. The molecule has 2 aromatic rings. The van der Waals surface area contributed by atoms with Crippen LogP contribution >= 0.6 is 0 Å². The molecule has 0 bridgehead atoms. The summed E-state index contributed by atoms with van der Waals surface area (Å²) in [5.74, 6) is -2.87. The van der Waals surface area contributed by atoms with Crippen molar-refractivity contribution in [3.63, 3.8) is 0 Å². The Labute approximate surface area is 160 Å². The molecule has 0 aliphatic heterocycles. The Balaban J connectivity index is 0.00000122. The second kappa shape index (κ2) is 11.1. The molecule has 0 radical (unpaired) electrons. The van der Waals surface area contributed by atoms with Crippen LogP contribution in [0.2, 0.25) is 0 Å². The zero-order valence-electron chi connectivity index (χ0n) is 15.2. The monoisotopic (exact) mass is 386 g/mol. The summed E-state index contributed by atoms with van der Waals surface area (Å²) in [6.45, 7) is 3.17. The van der Waals surface area contributed by atoms with Gasteiger partial charge in [-0.2, -0.15) is 9.59 Å². The van der Waals surface area contributed by atoms with Crippen LogP contribution in [-0.4, -0.2) is 41.9 Å². The molecule has 0 unspecified atom stereocenters. The minimum absolute atomic E-state index is 0.224. The normalized spacial score (nSPS) is 10.5. The molecule has 0 saturated carbocycles. The van der Waals surface area contributed by atoms with Crippen LogP contribution in [0.5, 0.6) is 0 Å². The van der Waals surface area contributed by atoms with E-state index < -0.39 is 30.6 Å². The Bertz CT molecular complexity index is 847. The van der Waals surface area contributed by atoms with Gasteiger partial charge in [-0.1, -0.05) is 35.4 Å². The minimum Gasteiger partial charge on any atom is -0.478 e. The van der Waals surface area contributed by atoms with Crippen molar-refractivity contribution >= 4 is 24.1 Å². The van der Waals surface area contributed by atoms with Gasteiger partial charge in [0.05, 0.1) is 11.1 Å². The van der Waals surface area contributed by atoms with Gasteiger partial charge in [0.2, 0.25) is 6.10 Å². The van der Waals surface area contributed by atoms with Gasteiger partial charge in [-0.25, -0.2) is 14.4 Å². The summed E-state index contributed by atoms with van der Waals surface area (Å²) < 4.78 is 9.88. The predicted molar refractivity (Wildman–Crippen MR) is 94.5 cm³/mol. The molecule has 1 N–H and O–H groups in total. The van der Waals surface area contributed by atoms with E-state index in [9.17, 15) is 14.4 Å². The van der Waals surface area contributed by atoms with Crippen molar-refractivity contribution in [3.05, 3.63) is 70.8 Å². The van der Waals surface area contributed by atoms with Gasteiger partial charge in [-0.15, -0.1) is 0 Å². The molecule has 2 aromatic carbocycles. The number of aliphatic carboxylic acids is 1. The predicted octanol–water partition coefficient (Wildman–Crippen LogP) is 2.19. The maximum absolute atomic E-state index is 12.0. The average molecular weight is 386 g/mol. The third-order valence-electron chi connectivity index (χ3n) is 3.47. The molecule has 2 rings (SSSR count). The summed E-state index contributed by atoms with van der Waals surface area (Å²) in [5, 5.41) is 9.16. The second-order valence-corrected chi connectivity index (χ2v) is 5.65. The van der Waals surface area contributed by atoms with Crippen molar-refractivity contribution in [2.24, 2.45) is 0 Å². The SMILES string of the molecule is Cc1ccc(C(=O)OC[C@@H](OC(=O)c2ccc(C)cc2)C(=O)O)cc1.O=C=O. The van der Waals surface area contributed by atoms with Crippen molar-refractivity contribution in [1.82, 2.24) is 0 Å². The first-order chi connectivity index (χ1) is 13.3. The maximum Gasteiger partial charge on any atom is 0.373 e. The van der Waals surface area contributed by atoms with Crippen molar-refractivity contribution < 1.29 is 38.6 Å². The number of rotatable bonds is 6. The molecule has 1 atom stereocenters. The minimum atomic E-state index is -1.58. The van der Waals surface area contributed by atoms with Gasteiger partial charge in [0, 0.05) is 0 Å². The van der Waals surface area contributed by atoms with E-state index in [4.69, 9.17) is 24.2 Å². The van der Waals surface area contributed by atoms with Crippen LogP contribution in [0, 0.1) is 13.8 Å². The van der Waals surface area contributed by atoms with E-state index in [0.717, 1.165) is 11.1 Å². The summed E-state index contributed by atoms with van der Waals surface area (Å²) in [6.07, 6.45) is -1.33.